The number of aromatic nitrogens is 1. The van der Waals surface area contributed by atoms with Crippen LogP contribution in [0, 0.1) is 5.92 Å². The van der Waals surface area contributed by atoms with E-state index in [0.29, 0.717) is 44.2 Å². The normalized spacial score (nSPS) is 15.4. The van der Waals surface area contributed by atoms with Crippen molar-refractivity contribution in [1.82, 2.24) is 14.8 Å². The number of rotatable bonds is 3. The highest BCUT2D eigenvalue weighted by Crippen LogP contribution is 2.12. The van der Waals surface area contributed by atoms with Crippen molar-refractivity contribution in [2.45, 2.75) is 20.3 Å². The van der Waals surface area contributed by atoms with Crippen LogP contribution in [-0.2, 0) is 4.79 Å². The van der Waals surface area contributed by atoms with Crippen LogP contribution in [0.2, 0.25) is 0 Å². The number of hydrogen-bond acceptors (Lipinski definition) is 3. The molecule has 1 aromatic heterocycles. The molecule has 2 heterocycles. The van der Waals surface area contributed by atoms with Crippen LogP contribution in [-0.4, -0.2) is 52.8 Å². The zero-order chi connectivity index (χ0) is 15.4. The molecular formula is C15H20BrN3O2. The summed E-state index contributed by atoms with van der Waals surface area (Å²) in [4.78, 5) is 32.0. The molecule has 0 radical (unpaired) electrons. The molecule has 0 unspecified atom stereocenters. The highest BCUT2D eigenvalue weighted by atomic mass is 79.9. The summed E-state index contributed by atoms with van der Waals surface area (Å²) < 4.78 is 0.850. The summed E-state index contributed by atoms with van der Waals surface area (Å²) in [5, 5.41) is 0. The molecule has 5 nitrogen and oxygen atoms in total. The third-order valence-corrected chi connectivity index (χ3v) is 3.92. The maximum absolute atomic E-state index is 12.3. The molecule has 21 heavy (non-hydrogen) atoms. The molecule has 0 aliphatic carbocycles. The molecule has 0 spiro atoms. The van der Waals surface area contributed by atoms with Gasteiger partial charge in [0.15, 0.2) is 0 Å². The van der Waals surface area contributed by atoms with Gasteiger partial charge in [0.05, 0.1) is 0 Å². The minimum absolute atomic E-state index is 0.0709. The van der Waals surface area contributed by atoms with E-state index in [1.54, 1.807) is 17.2 Å². The fraction of sp³-hybridized carbons (Fsp3) is 0.533. The second-order valence-corrected chi connectivity index (χ2v) is 6.55. The van der Waals surface area contributed by atoms with Gasteiger partial charge in [-0.2, -0.15) is 0 Å². The van der Waals surface area contributed by atoms with E-state index in [9.17, 15) is 9.59 Å². The van der Waals surface area contributed by atoms with E-state index in [4.69, 9.17) is 0 Å². The predicted octanol–water partition coefficient (Wildman–Crippen LogP) is 2.17. The average Bonchev–Trinajstić information content (AvgIpc) is 2.47. The van der Waals surface area contributed by atoms with E-state index in [-0.39, 0.29) is 11.8 Å². The number of carbonyl (C=O) groups is 2. The summed E-state index contributed by atoms with van der Waals surface area (Å²) >= 11 is 3.30. The van der Waals surface area contributed by atoms with Gasteiger partial charge in [-0.15, -0.1) is 0 Å². The van der Waals surface area contributed by atoms with Gasteiger partial charge in [-0.1, -0.05) is 13.8 Å². The minimum atomic E-state index is -0.0709. The van der Waals surface area contributed by atoms with Crippen molar-refractivity contribution < 1.29 is 9.59 Å². The Bertz CT molecular complexity index is 508. The summed E-state index contributed by atoms with van der Waals surface area (Å²) in [6, 6.07) is 3.52. The molecule has 2 rings (SSSR count). The lowest BCUT2D eigenvalue weighted by atomic mass is 10.1. The van der Waals surface area contributed by atoms with E-state index >= 15 is 0 Å². The lowest BCUT2D eigenvalue weighted by Gasteiger charge is -2.35. The molecule has 0 atom stereocenters. The first-order valence-electron chi connectivity index (χ1n) is 7.16. The van der Waals surface area contributed by atoms with Crippen molar-refractivity contribution in [3.8, 4) is 0 Å². The van der Waals surface area contributed by atoms with E-state index in [1.165, 1.54) is 0 Å². The van der Waals surface area contributed by atoms with Crippen LogP contribution in [0.4, 0.5) is 0 Å². The van der Waals surface area contributed by atoms with Crippen LogP contribution in [0.25, 0.3) is 0 Å². The van der Waals surface area contributed by atoms with Gasteiger partial charge in [0, 0.05) is 43.3 Å². The Hall–Kier alpha value is -1.43. The molecule has 6 heteroatoms. The minimum Gasteiger partial charge on any atom is -0.339 e. The molecule has 2 amide bonds. The second kappa shape index (κ2) is 7.02. The van der Waals surface area contributed by atoms with Gasteiger partial charge in [-0.25, -0.2) is 4.98 Å². The van der Waals surface area contributed by atoms with Gasteiger partial charge in [-0.3, -0.25) is 9.59 Å². The number of hydrogen-bond donors (Lipinski definition) is 0. The Morgan fingerprint density at radius 2 is 1.81 bits per heavy atom. The lowest BCUT2D eigenvalue weighted by molar-refractivity contribution is -0.133. The molecule has 1 aromatic rings. The SMILES string of the molecule is CC(C)CC(=O)N1CCN(C(=O)c2ccc(Br)cn2)CC1. The van der Waals surface area contributed by atoms with Crippen molar-refractivity contribution in [1.29, 1.82) is 0 Å². The van der Waals surface area contributed by atoms with Crippen LogP contribution < -0.4 is 0 Å². The summed E-state index contributed by atoms with van der Waals surface area (Å²) in [6.07, 6.45) is 2.19. The summed E-state index contributed by atoms with van der Waals surface area (Å²) in [5.74, 6) is 0.474. The zero-order valence-corrected chi connectivity index (χ0v) is 14.0. The van der Waals surface area contributed by atoms with Crippen molar-refractivity contribution in [2.24, 2.45) is 5.92 Å². The van der Waals surface area contributed by atoms with Crippen molar-refractivity contribution in [3.05, 3.63) is 28.5 Å². The van der Waals surface area contributed by atoms with Crippen LogP contribution in [0.15, 0.2) is 22.8 Å². The summed E-state index contributed by atoms with van der Waals surface area (Å²) in [7, 11) is 0. The van der Waals surface area contributed by atoms with E-state index < -0.39 is 0 Å². The molecule has 0 bridgehead atoms. The number of pyridine rings is 1. The lowest BCUT2D eigenvalue weighted by Crippen LogP contribution is -2.50. The number of nitrogens with zero attached hydrogens (tertiary/aromatic N) is 3. The van der Waals surface area contributed by atoms with Gasteiger partial charge in [0.25, 0.3) is 5.91 Å². The van der Waals surface area contributed by atoms with E-state index in [2.05, 4.69) is 20.9 Å². The van der Waals surface area contributed by atoms with Crippen LogP contribution in [0.5, 0.6) is 0 Å². The number of halogens is 1. The quantitative estimate of drug-likeness (QED) is 0.836. The Balaban J connectivity index is 1.90. The number of piperazine rings is 1. The van der Waals surface area contributed by atoms with Crippen molar-refractivity contribution >= 4 is 27.7 Å². The third-order valence-electron chi connectivity index (χ3n) is 3.45. The molecule has 1 aliphatic rings. The number of amides is 2. The van der Waals surface area contributed by atoms with Gasteiger partial charge in [0.2, 0.25) is 5.91 Å². The van der Waals surface area contributed by atoms with E-state index in [1.807, 2.05) is 24.8 Å². The van der Waals surface area contributed by atoms with Gasteiger partial charge >= 0.3 is 0 Å². The smallest absolute Gasteiger partial charge is 0.272 e. The van der Waals surface area contributed by atoms with Gasteiger partial charge in [0.1, 0.15) is 5.69 Å². The van der Waals surface area contributed by atoms with Crippen molar-refractivity contribution in [3.63, 3.8) is 0 Å². The molecule has 1 saturated heterocycles. The highest BCUT2D eigenvalue weighted by Gasteiger charge is 2.25. The first-order valence-corrected chi connectivity index (χ1v) is 7.95. The monoisotopic (exact) mass is 353 g/mol. The standard InChI is InChI=1S/C15H20BrN3O2/c1-11(2)9-14(20)18-5-7-19(8-6-18)15(21)13-4-3-12(16)10-17-13/h3-4,10-11H,5-9H2,1-2H3. The molecule has 0 aromatic carbocycles. The zero-order valence-electron chi connectivity index (χ0n) is 12.4. The maximum Gasteiger partial charge on any atom is 0.272 e. The maximum atomic E-state index is 12.3. The molecule has 114 valence electrons. The predicted molar refractivity (Wildman–Crippen MR) is 83.9 cm³/mol. The second-order valence-electron chi connectivity index (χ2n) is 5.63. The Morgan fingerprint density at radius 1 is 1.19 bits per heavy atom. The van der Waals surface area contributed by atoms with Crippen molar-refractivity contribution in [2.75, 3.05) is 26.2 Å². The summed E-state index contributed by atoms with van der Waals surface area (Å²) in [5.41, 5.74) is 0.445. The first-order chi connectivity index (χ1) is 9.97. The van der Waals surface area contributed by atoms with Crippen LogP contribution >= 0.6 is 15.9 Å². The van der Waals surface area contributed by atoms with Crippen LogP contribution in [0.1, 0.15) is 30.8 Å². The molecule has 1 fully saturated rings. The van der Waals surface area contributed by atoms with Crippen LogP contribution in [0.3, 0.4) is 0 Å². The summed E-state index contributed by atoms with van der Waals surface area (Å²) in [6.45, 7) is 6.43. The fourth-order valence-corrected chi connectivity index (χ4v) is 2.54. The highest BCUT2D eigenvalue weighted by molar-refractivity contribution is 9.10. The van der Waals surface area contributed by atoms with E-state index in [0.717, 1.165) is 4.47 Å². The Kier molecular flexibility index (Phi) is 5.33. The molecule has 0 saturated carbocycles. The van der Waals surface area contributed by atoms with Gasteiger partial charge < -0.3 is 9.80 Å². The average molecular weight is 354 g/mol. The van der Waals surface area contributed by atoms with Gasteiger partial charge in [-0.05, 0) is 34.0 Å². The fourth-order valence-electron chi connectivity index (χ4n) is 2.30. The Labute approximate surface area is 133 Å². The Morgan fingerprint density at radius 3 is 2.33 bits per heavy atom. The topological polar surface area (TPSA) is 53.5 Å². The number of carbonyl (C=O) groups excluding carboxylic acids is 2. The molecule has 0 N–H and O–H groups in total. The molecule has 1 aliphatic heterocycles. The molecular weight excluding hydrogens is 334 g/mol. The first kappa shape index (κ1) is 15.9. The third kappa shape index (κ3) is 4.27. The largest absolute Gasteiger partial charge is 0.339 e.